The van der Waals surface area contributed by atoms with E-state index in [1.54, 1.807) is 0 Å². The van der Waals surface area contributed by atoms with Gasteiger partial charge in [-0.1, -0.05) is 363 Å². The van der Waals surface area contributed by atoms with Crippen molar-refractivity contribution in [2.45, 2.75) is 433 Å². The summed E-state index contributed by atoms with van der Waals surface area (Å²) in [6.45, 7) is 11.9. The van der Waals surface area contributed by atoms with E-state index in [-0.39, 0.29) is 25.7 Å². The first-order chi connectivity index (χ1) is 47.8. The molecule has 0 saturated heterocycles. The van der Waals surface area contributed by atoms with Crippen molar-refractivity contribution < 1.29 is 80.2 Å². The van der Waals surface area contributed by atoms with Crippen LogP contribution in [-0.2, 0) is 65.4 Å². The van der Waals surface area contributed by atoms with Crippen LogP contribution in [-0.4, -0.2) is 96.7 Å². The summed E-state index contributed by atoms with van der Waals surface area (Å²) >= 11 is 0. The van der Waals surface area contributed by atoms with Crippen LogP contribution in [0, 0.1) is 17.8 Å². The van der Waals surface area contributed by atoms with Crippen LogP contribution in [0.3, 0.4) is 0 Å². The Morgan fingerprint density at radius 1 is 0.293 bits per heavy atom. The molecule has 0 bridgehead atoms. The molecule has 19 heteroatoms. The number of phosphoric acid groups is 2. The van der Waals surface area contributed by atoms with Crippen LogP contribution in [0.25, 0.3) is 0 Å². The number of aliphatic hydroxyl groups excluding tert-OH is 1. The van der Waals surface area contributed by atoms with Gasteiger partial charge >= 0.3 is 39.5 Å². The molecule has 0 aromatic rings. The number of hydrogen-bond acceptors (Lipinski definition) is 15. The van der Waals surface area contributed by atoms with Crippen molar-refractivity contribution in [2.24, 2.45) is 17.8 Å². The summed E-state index contributed by atoms with van der Waals surface area (Å²) in [6, 6.07) is 0. The van der Waals surface area contributed by atoms with Gasteiger partial charge in [-0.2, -0.15) is 0 Å². The molecule has 0 saturated carbocycles. The third-order valence-corrected chi connectivity index (χ3v) is 20.9. The number of phosphoric ester groups is 2. The molecule has 0 aliphatic heterocycles. The monoisotopic (exact) mass is 1450 g/mol. The zero-order valence-electron chi connectivity index (χ0n) is 65.0. The summed E-state index contributed by atoms with van der Waals surface area (Å²) < 4.78 is 68.6. The minimum atomic E-state index is -4.96. The summed E-state index contributed by atoms with van der Waals surface area (Å²) in [5.74, 6) is 0.171. The molecule has 0 spiro atoms. The van der Waals surface area contributed by atoms with E-state index in [2.05, 4.69) is 48.5 Å². The zero-order chi connectivity index (χ0) is 73.0. The number of carbonyl (C=O) groups excluding carboxylic acids is 4. The van der Waals surface area contributed by atoms with Crippen molar-refractivity contribution in [3.63, 3.8) is 0 Å². The number of unbranched alkanes of at least 4 members (excludes halogenated alkanes) is 45. The van der Waals surface area contributed by atoms with Crippen LogP contribution < -0.4 is 0 Å². The maximum absolute atomic E-state index is 13.1. The van der Waals surface area contributed by atoms with Crippen molar-refractivity contribution >= 4 is 39.5 Å². The number of rotatable bonds is 78. The van der Waals surface area contributed by atoms with Gasteiger partial charge in [-0.05, 0) is 43.4 Å². The van der Waals surface area contributed by atoms with E-state index in [1.165, 1.54) is 218 Å². The second-order valence-electron chi connectivity index (χ2n) is 30.0. The molecule has 0 heterocycles. The fraction of sp³-hybridized carbons (Fsp3) is 0.950. The van der Waals surface area contributed by atoms with E-state index in [0.29, 0.717) is 31.6 Å². The van der Waals surface area contributed by atoms with Gasteiger partial charge in [0.05, 0.1) is 26.4 Å². The van der Waals surface area contributed by atoms with Crippen LogP contribution in [0.1, 0.15) is 414 Å². The third-order valence-electron chi connectivity index (χ3n) is 19.0. The Morgan fingerprint density at radius 3 is 0.768 bits per heavy atom. The number of esters is 4. The highest BCUT2D eigenvalue weighted by Crippen LogP contribution is 2.45. The largest absolute Gasteiger partial charge is 0.472 e. The Kier molecular flexibility index (Phi) is 69.0. The molecule has 3 N–H and O–H groups in total. The molecule has 0 rings (SSSR count). The predicted molar refractivity (Wildman–Crippen MR) is 405 cm³/mol. The van der Waals surface area contributed by atoms with Crippen LogP contribution >= 0.6 is 15.6 Å². The van der Waals surface area contributed by atoms with E-state index >= 15 is 0 Å². The maximum Gasteiger partial charge on any atom is 0.472 e. The van der Waals surface area contributed by atoms with E-state index in [1.807, 2.05) is 0 Å². The van der Waals surface area contributed by atoms with E-state index in [4.69, 9.17) is 37.0 Å². The highest BCUT2D eigenvalue weighted by atomic mass is 31.2. The summed E-state index contributed by atoms with van der Waals surface area (Å²) in [7, 11) is -9.92. The Labute approximate surface area is 607 Å². The number of carbonyl (C=O) groups is 4. The Bertz CT molecular complexity index is 1920. The number of hydrogen-bond donors (Lipinski definition) is 3. The average molecular weight is 1450 g/mol. The first-order valence-electron chi connectivity index (χ1n) is 41.4. The molecule has 3 unspecified atom stereocenters. The predicted octanol–water partition coefficient (Wildman–Crippen LogP) is 23.7. The molecule has 0 radical (unpaired) electrons. The molecular weight excluding hydrogens is 1290 g/mol. The molecule has 0 amide bonds. The minimum Gasteiger partial charge on any atom is -0.462 e. The van der Waals surface area contributed by atoms with Crippen LogP contribution in [0.2, 0.25) is 0 Å². The fourth-order valence-corrected chi connectivity index (χ4v) is 13.9. The van der Waals surface area contributed by atoms with Crippen LogP contribution in [0.15, 0.2) is 0 Å². The van der Waals surface area contributed by atoms with Gasteiger partial charge in [-0.15, -0.1) is 0 Å². The lowest BCUT2D eigenvalue weighted by Gasteiger charge is -2.21. The molecule has 0 aliphatic carbocycles. The zero-order valence-corrected chi connectivity index (χ0v) is 66.8. The molecular formula is C80H156O17P2. The lowest BCUT2D eigenvalue weighted by molar-refractivity contribution is -0.161. The highest BCUT2D eigenvalue weighted by Gasteiger charge is 2.30. The summed E-state index contributed by atoms with van der Waals surface area (Å²) in [6.07, 6.45) is 58.5. The normalized spacial score (nSPS) is 14.3. The number of aliphatic hydroxyl groups is 1. The second kappa shape index (κ2) is 70.4. The smallest absolute Gasteiger partial charge is 0.462 e. The van der Waals surface area contributed by atoms with E-state index in [0.717, 1.165) is 108 Å². The SMILES string of the molecule is CCCCCCCCCCCCCCCCCCC(=O)OC[C@H](COP(=O)(O)OC[C@@H](O)COP(=O)(O)OC[C@@H](COC(=O)CCCCCCCCC(C)C)OC(=O)CCCCCCCCCCCC(C)C)OC(=O)CCCCCCCCCCCCCCCCCCCCC(C)CC. The second-order valence-corrected chi connectivity index (χ2v) is 32.9. The maximum atomic E-state index is 13.1. The van der Waals surface area contributed by atoms with Crippen molar-refractivity contribution in [1.82, 2.24) is 0 Å². The average Bonchev–Trinajstić information content (AvgIpc) is 1.08. The molecule has 99 heavy (non-hydrogen) atoms. The quantitative estimate of drug-likeness (QED) is 0.0222. The van der Waals surface area contributed by atoms with Crippen molar-refractivity contribution in [2.75, 3.05) is 39.6 Å². The van der Waals surface area contributed by atoms with Crippen molar-refractivity contribution in [1.29, 1.82) is 0 Å². The van der Waals surface area contributed by atoms with E-state index in [9.17, 15) is 43.2 Å². The fourth-order valence-electron chi connectivity index (χ4n) is 12.3. The van der Waals surface area contributed by atoms with Gasteiger partial charge in [0.15, 0.2) is 12.2 Å². The van der Waals surface area contributed by atoms with Gasteiger partial charge in [0.1, 0.15) is 19.3 Å². The Morgan fingerprint density at radius 2 is 0.515 bits per heavy atom. The molecule has 588 valence electrons. The first-order valence-corrected chi connectivity index (χ1v) is 44.4. The van der Waals surface area contributed by atoms with E-state index < -0.39 is 97.5 Å². The van der Waals surface area contributed by atoms with Crippen LogP contribution in [0.5, 0.6) is 0 Å². The highest BCUT2D eigenvalue weighted by molar-refractivity contribution is 7.47. The number of ether oxygens (including phenoxy) is 4. The third kappa shape index (κ3) is 72.8. The lowest BCUT2D eigenvalue weighted by atomic mass is 9.99. The molecule has 0 fully saturated rings. The molecule has 0 aromatic heterocycles. The summed E-state index contributed by atoms with van der Waals surface area (Å²) in [5, 5.41) is 10.6. The summed E-state index contributed by atoms with van der Waals surface area (Å²) in [5.41, 5.74) is 0. The van der Waals surface area contributed by atoms with Crippen molar-refractivity contribution in [3.8, 4) is 0 Å². The van der Waals surface area contributed by atoms with Crippen LogP contribution in [0.4, 0.5) is 0 Å². The molecule has 0 aliphatic rings. The van der Waals surface area contributed by atoms with Gasteiger partial charge in [-0.3, -0.25) is 37.3 Å². The van der Waals surface area contributed by atoms with Gasteiger partial charge in [0.2, 0.25) is 0 Å². The lowest BCUT2D eigenvalue weighted by Crippen LogP contribution is -2.30. The first kappa shape index (κ1) is 97.1. The minimum absolute atomic E-state index is 0.104. The topological polar surface area (TPSA) is 237 Å². The van der Waals surface area contributed by atoms with Gasteiger partial charge in [0, 0.05) is 25.7 Å². The molecule has 0 aromatic carbocycles. The molecule has 6 atom stereocenters. The molecule has 17 nitrogen and oxygen atoms in total. The Balaban J connectivity index is 5.20. The van der Waals surface area contributed by atoms with Gasteiger partial charge in [0.25, 0.3) is 0 Å². The van der Waals surface area contributed by atoms with Gasteiger partial charge < -0.3 is 33.8 Å². The van der Waals surface area contributed by atoms with Crippen molar-refractivity contribution in [3.05, 3.63) is 0 Å². The van der Waals surface area contributed by atoms with Gasteiger partial charge in [-0.25, -0.2) is 9.13 Å². The standard InChI is InChI=1S/C80H156O17P2/c1-8-10-11-12-13-14-15-16-17-23-26-29-34-39-47-54-61-77(82)90-67-75(96-79(84)63-56-49-40-35-30-27-24-21-19-18-20-22-25-28-33-38-46-53-60-73(7)9-2)69-94-98(86,87)92-65-74(81)66-93-99(88,89)95-70-76(68-91-78(83)62-55-48-43-42-45-52-59-72(5)6)97-80(85)64-57-50-41-36-31-32-37-44-51-58-71(3)4/h71-76,81H,8-70H2,1-7H3,(H,86,87)(H,88,89)/t73?,74-,75-,76-/m1/s1. The summed E-state index contributed by atoms with van der Waals surface area (Å²) in [4.78, 5) is 72.9. The Hall–Kier alpha value is -1.94.